The van der Waals surface area contributed by atoms with Gasteiger partial charge in [-0.15, -0.1) is 11.8 Å². The van der Waals surface area contributed by atoms with E-state index in [0.717, 1.165) is 0 Å². The number of hydrogen-bond acceptors (Lipinski definition) is 1. The molecule has 0 saturated carbocycles. The van der Waals surface area contributed by atoms with Gasteiger partial charge in [0.05, 0.1) is 0 Å². The lowest BCUT2D eigenvalue weighted by Crippen LogP contribution is -2.26. The molecule has 0 spiro atoms. The molecule has 0 unspecified atom stereocenters. The first-order valence-corrected chi connectivity index (χ1v) is 7.35. The maximum Gasteiger partial charge on any atom is 0.0109 e. The third kappa shape index (κ3) is 8.19. The first kappa shape index (κ1) is 15.3. The summed E-state index contributed by atoms with van der Waals surface area (Å²) in [5.41, 5.74) is 0. The fourth-order valence-electron chi connectivity index (χ4n) is 2.06. The van der Waals surface area contributed by atoms with Crippen molar-refractivity contribution in [2.75, 3.05) is 0 Å². The maximum atomic E-state index is 2.40. The molecule has 0 nitrogen and oxygen atoms in total. The molecule has 0 radical (unpaired) electrons. The highest BCUT2D eigenvalue weighted by Crippen LogP contribution is 2.42. The molecule has 15 heavy (non-hydrogen) atoms. The lowest BCUT2D eigenvalue weighted by atomic mass is 10.1. The summed E-state index contributed by atoms with van der Waals surface area (Å²) >= 11 is 2.18. The van der Waals surface area contributed by atoms with Crippen LogP contribution in [0.1, 0.15) is 80.1 Å². The average molecular weight is 230 g/mol. The summed E-state index contributed by atoms with van der Waals surface area (Å²) < 4.78 is 0.903. The summed E-state index contributed by atoms with van der Waals surface area (Å²) in [5, 5.41) is 0. The van der Waals surface area contributed by atoms with E-state index in [1.807, 2.05) is 0 Å². The Kier molecular flexibility index (Phi) is 6.99. The second-order valence-corrected chi connectivity index (χ2v) is 8.24. The van der Waals surface area contributed by atoms with Crippen molar-refractivity contribution in [2.24, 2.45) is 0 Å². The van der Waals surface area contributed by atoms with Crippen LogP contribution in [-0.4, -0.2) is 9.49 Å². The zero-order valence-electron chi connectivity index (χ0n) is 11.7. The molecule has 0 aliphatic carbocycles. The highest BCUT2D eigenvalue weighted by molar-refractivity contribution is 8.01. The van der Waals surface area contributed by atoms with Crippen molar-refractivity contribution < 1.29 is 0 Å². The highest BCUT2D eigenvalue weighted by Gasteiger charge is 2.28. The maximum absolute atomic E-state index is 2.40. The third-order valence-corrected chi connectivity index (χ3v) is 4.33. The van der Waals surface area contributed by atoms with Crippen LogP contribution in [0.25, 0.3) is 0 Å². The average Bonchev–Trinajstić information content (AvgIpc) is 2.10. The van der Waals surface area contributed by atoms with E-state index in [9.17, 15) is 0 Å². The Morgan fingerprint density at radius 3 is 1.33 bits per heavy atom. The van der Waals surface area contributed by atoms with Gasteiger partial charge in [-0.05, 0) is 12.8 Å². The molecular weight excluding hydrogens is 200 g/mol. The molecule has 0 aliphatic heterocycles. The van der Waals surface area contributed by atoms with Gasteiger partial charge in [-0.2, -0.15) is 0 Å². The van der Waals surface area contributed by atoms with E-state index in [0.29, 0.717) is 9.49 Å². The van der Waals surface area contributed by atoms with E-state index in [1.54, 1.807) is 0 Å². The van der Waals surface area contributed by atoms with Gasteiger partial charge in [0.15, 0.2) is 0 Å². The molecule has 0 amide bonds. The predicted molar refractivity (Wildman–Crippen MR) is 74.8 cm³/mol. The van der Waals surface area contributed by atoms with Crippen molar-refractivity contribution in [3.8, 4) is 0 Å². The zero-order valence-corrected chi connectivity index (χ0v) is 12.5. The molecule has 0 rings (SSSR count). The van der Waals surface area contributed by atoms with Gasteiger partial charge in [0.2, 0.25) is 0 Å². The highest BCUT2D eigenvalue weighted by atomic mass is 32.2. The summed E-state index contributed by atoms with van der Waals surface area (Å²) in [6, 6.07) is 0. The molecular formula is C14H30S. The monoisotopic (exact) mass is 230 g/mol. The van der Waals surface area contributed by atoms with Crippen molar-refractivity contribution in [1.82, 2.24) is 0 Å². The Bertz CT molecular complexity index is 141. The molecule has 0 saturated heterocycles. The molecule has 92 valence electrons. The number of unbranched alkanes of at least 4 members (excludes halogenated alkanes) is 2. The normalized spacial score (nSPS) is 13.2. The van der Waals surface area contributed by atoms with Crippen molar-refractivity contribution in [1.29, 1.82) is 0 Å². The van der Waals surface area contributed by atoms with E-state index in [2.05, 4.69) is 53.3 Å². The van der Waals surface area contributed by atoms with Crippen LogP contribution in [0.5, 0.6) is 0 Å². The second-order valence-electron chi connectivity index (χ2n) is 5.83. The second kappa shape index (κ2) is 6.83. The quantitative estimate of drug-likeness (QED) is 0.518. The van der Waals surface area contributed by atoms with Crippen molar-refractivity contribution in [3.05, 3.63) is 0 Å². The summed E-state index contributed by atoms with van der Waals surface area (Å²) in [6.45, 7) is 14.2. The van der Waals surface area contributed by atoms with Gasteiger partial charge in [0.25, 0.3) is 0 Å². The van der Waals surface area contributed by atoms with E-state index >= 15 is 0 Å². The van der Waals surface area contributed by atoms with Crippen molar-refractivity contribution in [3.63, 3.8) is 0 Å². The molecule has 0 bridgehead atoms. The molecule has 1 heteroatoms. The fourth-order valence-corrected chi connectivity index (χ4v) is 4.04. The van der Waals surface area contributed by atoms with E-state index in [1.165, 1.54) is 38.5 Å². The minimum absolute atomic E-state index is 0.452. The zero-order chi connectivity index (χ0) is 11.9. The SMILES string of the molecule is CCCCC(C)(C)SC(C)(C)CCCC. The molecule has 0 atom stereocenters. The van der Waals surface area contributed by atoms with Gasteiger partial charge in [0, 0.05) is 9.49 Å². The molecule has 0 fully saturated rings. The smallest absolute Gasteiger partial charge is 0.0109 e. The number of hydrogen-bond donors (Lipinski definition) is 0. The van der Waals surface area contributed by atoms with Gasteiger partial charge < -0.3 is 0 Å². The molecule has 0 aromatic heterocycles. The lowest BCUT2D eigenvalue weighted by Gasteiger charge is -2.34. The molecule has 0 heterocycles. The van der Waals surface area contributed by atoms with Crippen molar-refractivity contribution in [2.45, 2.75) is 89.6 Å². The molecule has 0 aliphatic rings. The summed E-state index contributed by atoms with van der Waals surface area (Å²) in [6.07, 6.45) is 8.07. The first-order valence-electron chi connectivity index (χ1n) is 6.53. The van der Waals surface area contributed by atoms with Crippen LogP contribution in [0, 0.1) is 0 Å². The summed E-state index contributed by atoms with van der Waals surface area (Å²) in [7, 11) is 0. The van der Waals surface area contributed by atoms with Crippen LogP contribution in [0.2, 0.25) is 0 Å². The minimum Gasteiger partial charge on any atom is -0.149 e. The van der Waals surface area contributed by atoms with Crippen molar-refractivity contribution >= 4 is 11.8 Å². The molecule has 0 aromatic rings. The van der Waals surface area contributed by atoms with Crippen LogP contribution < -0.4 is 0 Å². The van der Waals surface area contributed by atoms with Crippen LogP contribution in [-0.2, 0) is 0 Å². The standard InChI is InChI=1S/C14H30S/c1-7-9-11-13(3,4)15-14(5,6)12-10-8-2/h7-12H2,1-6H3. The Morgan fingerprint density at radius 2 is 1.07 bits per heavy atom. The Labute approximate surface area is 102 Å². The topological polar surface area (TPSA) is 0 Å². The van der Waals surface area contributed by atoms with E-state index in [4.69, 9.17) is 0 Å². The van der Waals surface area contributed by atoms with Crippen LogP contribution in [0.15, 0.2) is 0 Å². The fraction of sp³-hybridized carbons (Fsp3) is 1.00. The van der Waals surface area contributed by atoms with Gasteiger partial charge in [-0.1, -0.05) is 67.2 Å². The number of thioether (sulfide) groups is 1. The molecule has 0 N–H and O–H groups in total. The van der Waals surface area contributed by atoms with Crippen LogP contribution in [0.3, 0.4) is 0 Å². The Balaban J connectivity index is 4.04. The van der Waals surface area contributed by atoms with E-state index < -0.39 is 0 Å². The van der Waals surface area contributed by atoms with Crippen LogP contribution in [0.4, 0.5) is 0 Å². The Hall–Kier alpha value is 0.350. The predicted octanol–water partition coefficient (Wildman–Crippen LogP) is 5.66. The van der Waals surface area contributed by atoms with Crippen LogP contribution >= 0.6 is 11.8 Å². The molecule has 0 aromatic carbocycles. The lowest BCUT2D eigenvalue weighted by molar-refractivity contribution is 0.555. The third-order valence-electron chi connectivity index (χ3n) is 2.82. The van der Waals surface area contributed by atoms with Gasteiger partial charge >= 0.3 is 0 Å². The Morgan fingerprint density at radius 1 is 0.733 bits per heavy atom. The minimum atomic E-state index is 0.452. The largest absolute Gasteiger partial charge is 0.149 e. The van der Waals surface area contributed by atoms with E-state index in [-0.39, 0.29) is 0 Å². The van der Waals surface area contributed by atoms with Gasteiger partial charge in [-0.25, -0.2) is 0 Å². The van der Waals surface area contributed by atoms with Gasteiger partial charge in [-0.3, -0.25) is 0 Å². The first-order chi connectivity index (χ1) is 6.83. The summed E-state index contributed by atoms with van der Waals surface area (Å²) in [5.74, 6) is 0. The summed E-state index contributed by atoms with van der Waals surface area (Å²) in [4.78, 5) is 0. The number of rotatable bonds is 8. The van der Waals surface area contributed by atoms with Gasteiger partial charge in [0.1, 0.15) is 0 Å².